The van der Waals surface area contributed by atoms with Gasteiger partial charge in [0, 0.05) is 30.1 Å². The molecule has 110 valence electrons. The zero-order chi connectivity index (χ0) is 15.0. The van der Waals surface area contributed by atoms with E-state index in [1.54, 1.807) is 6.92 Å². The number of aryl methyl sites for hydroxylation is 1. The molecule has 4 heteroatoms. The van der Waals surface area contributed by atoms with Crippen LogP contribution in [0, 0.1) is 12.8 Å². The van der Waals surface area contributed by atoms with E-state index in [4.69, 9.17) is 0 Å². The first-order valence-corrected chi connectivity index (χ1v) is 7.40. The van der Waals surface area contributed by atoms with E-state index >= 15 is 0 Å². The van der Waals surface area contributed by atoms with Crippen molar-refractivity contribution in [3.63, 3.8) is 0 Å². The molecule has 2 atom stereocenters. The summed E-state index contributed by atoms with van der Waals surface area (Å²) in [5.41, 5.74) is 2.33. The van der Waals surface area contributed by atoms with Crippen LogP contribution in [-0.4, -0.2) is 40.1 Å². The van der Waals surface area contributed by atoms with Crippen LogP contribution in [0.1, 0.15) is 29.4 Å². The van der Waals surface area contributed by atoms with Crippen LogP contribution < -0.4 is 0 Å². The van der Waals surface area contributed by atoms with Gasteiger partial charge in [-0.05, 0) is 32.4 Å². The van der Waals surface area contributed by atoms with Gasteiger partial charge in [0.25, 0.3) is 5.91 Å². The molecule has 0 spiro atoms. The Hall–Kier alpha value is -1.94. The van der Waals surface area contributed by atoms with Crippen molar-refractivity contribution in [2.45, 2.75) is 26.4 Å². The highest BCUT2D eigenvalue weighted by Gasteiger charge is 2.30. The highest BCUT2D eigenvalue weighted by molar-refractivity contribution is 6.05. The smallest absolute Gasteiger partial charge is 0.256 e. The maximum absolute atomic E-state index is 12.7. The molecule has 1 aromatic carbocycles. The van der Waals surface area contributed by atoms with Crippen LogP contribution in [0.4, 0.5) is 0 Å². The van der Waals surface area contributed by atoms with E-state index < -0.39 is 0 Å². The molecule has 1 amide bonds. The Kier molecular flexibility index (Phi) is 3.64. The number of aromatic nitrogens is 1. The summed E-state index contributed by atoms with van der Waals surface area (Å²) in [6.07, 6.45) is 0.497. The molecule has 3 rings (SSSR count). The van der Waals surface area contributed by atoms with Crippen molar-refractivity contribution >= 4 is 16.8 Å². The van der Waals surface area contributed by atoms with Crippen molar-refractivity contribution in [2.24, 2.45) is 5.92 Å². The van der Waals surface area contributed by atoms with Crippen LogP contribution in [0.25, 0.3) is 10.9 Å². The van der Waals surface area contributed by atoms with E-state index in [0.29, 0.717) is 18.7 Å². The topological polar surface area (TPSA) is 53.4 Å². The first-order valence-electron chi connectivity index (χ1n) is 7.40. The number of para-hydroxylation sites is 1. The predicted octanol–water partition coefficient (Wildman–Crippen LogP) is 2.39. The maximum Gasteiger partial charge on any atom is 0.256 e. The molecule has 1 aliphatic rings. The lowest BCUT2D eigenvalue weighted by atomic mass is 10.0. The van der Waals surface area contributed by atoms with E-state index in [-0.39, 0.29) is 17.9 Å². The Morgan fingerprint density at radius 3 is 2.90 bits per heavy atom. The molecule has 1 fully saturated rings. The average Bonchev–Trinajstić information content (AvgIpc) is 2.96. The van der Waals surface area contributed by atoms with Crippen molar-refractivity contribution in [1.29, 1.82) is 0 Å². The minimum absolute atomic E-state index is 0.0156. The van der Waals surface area contributed by atoms with Gasteiger partial charge in [-0.1, -0.05) is 18.2 Å². The molecule has 2 heterocycles. The summed E-state index contributed by atoms with van der Waals surface area (Å²) >= 11 is 0. The fraction of sp³-hybridized carbons (Fsp3) is 0.412. The van der Waals surface area contributed by atoms with Gasteiger partial charge >= 0.3 is 0 Å². The minimum Gasteiger partial charge on any atom is -0.393 e. The summed E-state index contributed by atoms with van der Waals surface area (Å²) in [5.74, 6) is 0.195. The van der Waals surface area contributed by atoms with Crippen molar-refractivity contribution in [3.8, 4) is 0 Å². The fourth-order valence-electron chi connectivity index (χ4n) is 2.95. The summed E-state index contributed by atoms with van der Waals surface area (Å²) in [6, 6.07) is 9.66. The summed E-state index contributed by atoms with van der Waals surface area (Å²) in [5, 5.41) is 10.7. The third-order valence-corrected chi connectivity index (χ3v) is 4.28. The van der Waals surface area contributed by atoms with Gasteiger partial charge in [-0.15, -0.1) is 0 Å². The quantitative estimate of drug-likeness (QED) is 0.921. The third kappa shape index (κ3) is 2.63. The molecule has 0 aliphatic carbocycles. The number of carbonyl (C=O) groups is 1. The van der Waals surface area contributed by atoms with Gasteiger partial charge in [0.05, 0.1) is 17.2 Å². The number of hydrogen-bond acceptors (Lipinski definition) is 3. The van der Waals surface area contributed by atoms with Gasteiger partial charge in [-0.2, -0.15) is 0 Å². The Balaban J connectivity index is 1.94. The Morgan fingerprint density at radius 1 is 1.38 bits per heavy atom. The zero-order valence-electron chi connectivity index (χ0n) is 12.4. The number of rotatable bonds is 2. The summed E-state index contributed by atoms with van der Waals surface area (Å²) in [4.78, 5) is 19.1. The van der Waals surface area contributed by atoms with Gasteiger partial charge in [0.15, 0.2) is 0 Å². The highest BCUT2D eigenvalue weighted by atomic mass is 16.3. The molecule has 4 nitrogen and oxygen atoms in total. The summed E-state index contributed by atoms with van der Waals surface area (Å²) in [7, 11) is 0. The lowest BCUT2D eigenvalue weighted by Crippen LogP contribution is -2.30. The number of fused-ring (bicyclic) bond motifs is 1. The number of amides is 1. The SMILES string of the molecule is Cc1ccc2cccc(C(=O)N3CCC(C(C)O)C3)c2n1. The average molecular weight is 284 g/mol. The lowest BCUT2D eigenvalue weighted by molar-refractivity contribution is 0.0764. The molecule has 1 aromatic heterocycles. The maximum atomic E-state index is 12.7. The fourth-order valence-corrected chi connectivity index (χ4v) is 2.95. The van der Waals surface area contributed by atoms with Gasteiger partial charge in [-0.3, -0.25) is 9.78 Å². The van der Waals surface area contributed by atoms with Crippen LogP contribution in [0.3, 0.4) is 0 Å². The molecule has 1 saturated heterocycles. The minimum atomic E-state index is -0.365. The standard InChI is InChI=1S/C17H20N2O2/c1-11-6-7-13-4-3-5-15(16(13)18-11)17(21)19-9-8-14(10-19)12(2)20/h3-7,12,14,20H,8-10H2,1-2H3. The number of aliphatic hydroxyl groups excluding tert-OH is 1. The van der Waals surface area contributed by atoms with E-state index in [9.17, 15) is 9.90 Å². The van der Waals surface area contributed by atoms with Crippen LogP contribution in [-0.2, 0) is 0 Å². The van der Waals surface area contributed by atoms with E-state index in [2.05, 4.69) is 4.98 Å². The monoisotopic (exact) mass is 284 g/mol. The summed E-state index contributed by atoms with van der Waals surface area (Å²) in [6.45, 7) is 5.05. The molecule has 0 radical (unpaired) electrons. The first-order chi connectivity index (χ1) is 10.1. The normalized spacial score (nSPS) is 20.0. The van der Waals surface area contributed by atoms with E-state index in [0.717, 1.165) is 23.0 Å². The Labute approximate surface area is 124 Å². The molecule has 1 N–H and O–H groups in total. The second-order valence-electron chi connectivity index (χ2n) is 5.87. The number of nitrogens with zero attached hydrogens (tertiary/aromatic N) is 2. The molecule has 21 heavy (non-hydrogen) atoms. The van der Waals surface area contributed by atoms with Crippen LogP contribution >= 0.6 is 0 Å². The van der Waals surface area contributed by atoms with Crippen LogP contribution in [0.5, 0.6) is 0 Å². The van der Waals surface area contributed by atoms with Gasteiger partial charge in [-0.25, -0.2) is 0 Å². The van der Waals surface area contributed by atoms with Crippen LogP contribution in [0.15, 0.2) is 30.3 Å². The Morgan fingerprint density at radius 2 is 2.19 bits per heavy atom. The number of likely N-dealkylation sites (tertiary alicyclic amines) is 1. The molecular weight excluding hydrogens is 264 g/mol. The zero-order valence-corrected chi connectivity index (χ0v) is 12.4. The number of pyridine rings is 1. The van der Waals surface area contributed by atoms with Crippen molar-refractivity contribution in [1.82, 2.24) is 9.88 Å². The lowest BCUT2D eigenvalue weighted by Gasteiger charge is -2.18. The van der Waals surface area contributed by atoms with E-state index in [1.807, 2.05) is 42.2 Å². The second-order valence-corrected chi connectivity index (χ2v) is 5.87. The Bertz CT molecular complexity index is 682. The molecule has 2 aromatic rings. The number of aliphatic hydroxyl groups is 1. The molecule has 2 unspecified atom stereocenters. The third-order valence-electron chi connectivity index (χ3n) is 4.28. The van der Waals surface area contributed by atoms with E-state index in [1.165, 1.54) is 0 Å². The number of benzene rings is 1. The summed E-state index contributed by atoms with van der Waals surface area (Å²) < 4.78 is 0. The number of carbonyl (C=O) groups excluding carboxylic acids is 1. The molecule has 1 aliphatic heterocycles. The van der Waals surface area contributed by atoms with Gasteiger partial charge in [0.2, 0.25) is 0 Å². The van der Waals surface area contributed by atoms with Crippen LogP contribution in [0.2, 0.25) is 0 Å². The highest BCUT2D eigenvalue weighted by Crippen LogP contribution is 2.24. The molecule has 0 saturated carbocycles. The molecule has 0 bridgehead atoms. The van der Waals surface area contributed by atoms with Crippen molar-refractivity contribution < 1.29 is 9.90 Å². The van der Waals surface area contributed by atoms with Gasteiger partial charge in [0.1, 0.15) is 0 Å². The number of hydrogen-bond donors (Lipinski definition) is 1. The van der Waals surface area contributed by atoms with Gasteiger partial charge < -0.3 is 10.0 Å². The van der Waals surface area contributed by atoms with Crippen molar-refractivity contribution in [2.75, 3.05) is 13.1 Å². The predicted molar refractivity (Wildman–Crippen MR) is 82.2 cm³/mol. The second kappa shape index (κ2) is 5.45. The largest absolute Gasteiger partial charge is 0.393 e. The first kappa shape index (κ1) is 14.0. The molecular formula is C17H20N2O2. The van der Waals surface area contributed by atoms with Crippen molar-refractivity contribution in [3.05, 3.63) is 41.6 Å².